The Morgan fingerprint density at radius 3 is 1.94 bits per heavy atom. The molecule has 6 nitrogen and oxygen atoms in total. The molecule has 0 atom stereocenters. The van der Waals surface area contributed by atoms with Crippen LogP contribution < -0.4 is 26.6 Å². The molecule has 0 aliphatic rings. The monoisotopic (exact) mass is 777 g/mol. The minimum Gasteiger partial charge on any atom is -0.507 e. The van der Waals surface area contributed by atoms with Gasteiger partial charge in [0.15, 0.2) is 0 Å². The summed E-state index contributed by atoms with van der Waals surface area (Å²) < 4.78 is 0. The fourth-order valence-corrected chi connectivity index (χ4v) is 5.65. The molecule has 6 aromatic carbocycles. The molecule has 6 N–H and O–H groups in total. The molecule has 267 valence electrons. The minimum absolute atomic E-state index is 0. The molecule has 0 aliphatic carbocycles. The number of aromatic hydroxyl groups is 1. The molecule has 0 spiro atoms. The Bertz CT molecular complexity index is 2250. The van der Waals surface area contributed by atoms with Gasteiger partial charge in [0.1, 0.15) is 11.6 Å². The first-order valence-corrected chi connectivity index (χ1v) is 17.0. The van der Waals surface area contributed by atoms with Crippen LogP contribution in [0.1, 0.15) is 29.2 Å². The molecule has 6 aromatic rings. The van der Waals surface area contributed by atoms with Gasteiger partial charge >= 0.3 is 0 Å². The summed E-state index contributed by atoms with van der Waals surface area (Å²) >= 11 is 0. The molecule has 0 aliphatic heterocycles. The number of rotatable bonds is 7. The van der Waals surface area contributed by atoms with Crippen molar-refractivity contribution >= 4 is 34.9 Å². The van der Waals surface area contributed by atoms with Crippen molar-refractivity contribution in [3.63, 3.8) is 0 Å². The van der Waals surface area contributed by atoms with Crippen LogP contribution in [0.3, 0.4) is 0 Å². The zero-order chi connectivity index (χ0) is 37.6. The zero-order valence-electron chi connectivity index (χ0n) is 31.1. The topological polar surface area (TPSA) is 106 Å². The number of nitrogens with zero attached hydrogens (tertiary/aromatic N) is 1. The average Bonchev–Trinajstić information content (AvgIpc) is 3.15. The van der Waals surface area contributed by atoms with Gasteiger partial charge in [0.2, 0.25) is 0 Å². The van der Waals surface area contributed by atoms with E-state index >= 15 is 0 Å². The molecule has 1 radical (unpaired) electrons. The van der Waals surface area contributed by atoms with Gasteiger partial charge in [-0.05, 0) is 83.3 Å². The zero-order valence-corrected chi connectivity index (χ0v) is 34.0. The van der Waals surface area contributed by atoms with Crippen molar-refractivity contribution < 1.29 is 43.0 Å². The third-order valence-corrected chi connectivity index (χ3v) is 8.41. The number of allylic oxidation sites excluding steroid dienone is 1. The van der Waals surface area contributed by atoms with Crippen molar-refractivity contribution in [2.75, 3.05) is 24.5 Å². The molecule has 0 amide bonds. The van der Waals surface area contributed by atoms with Gasteiger partial charge < -0.3 is 16.2 Å². The quantitative estimate of drug-likeness (QED) is 0.0632. The maximum Gasteiger partial charge on any atom is 0.124 e. The Morgan fingerprint density at radius 1 is 0.736 bits per heavy atom. The van der Waals surface area contributed by atoms with Crippen molar-refractivity contribution in [2.24, 2.45) is 5.73 Å². The number of nitrogens with one attached hydrogen (secondary N) is 2. The Hall–Kier alpha value is -5.27. The van der Waals surface area contributed by atoms with E-state index in [9.17, 15) is 10.3 Å². The third-order valence-electron chi connectivity index (χ3n) is 8.41. The van der Waals surface area contributed by atoms with Crippen LogP contribution >= 0.6 is 0 Å². The Kier molecular flexibility index (Phi) is 16.5. The predicted octanol–water partition coefficient (Wildman–Crippen LogP) is 9.16. The van der Waals surface area contributed by atoms with Crippen LogP contribution in [0.4, 0.5) is 11.4 Å². The number of amidine groups is 1. The number of aryl methyl sites for hydroxylation is 2. The molecule has 0 unspecified atom stereocenters. The second-order valence-electron chi connectivity index (χ2n) is 12.3. The van der Waals surface area contributed by atoms with Crippen molar-refractivity contribution in [3.8, 4) is 28.0 Å². The van der Waals surface area contributed by atoms with Gasteiger partial charge in [-0.25, -0.2) is 0 Å². The van der Waals surface area contributed by atoms with E-state index in [0.717, 1.165) is 65.8 Å². The molecular weight excluding hydrogens is 729 g/mol. The normalized spacial score (nSPS) is 10.8. The number of benzene rings is 6. The van der Waals surface area contributed by atoms with Gasteiger partial charge in [0, 0.05) is 57.9 Å². The smallest absolute Gasteiger partial charge is 0.124 e. The SMILES string of the molecule is C=C(/C=c1/cccc/c1=C/C)c1c(O)cccc1-c1cccc(C)c1.CNc1ccc(-c2ccc(C)cc2)cc1N(C)O.N=C(N)c1ccccc1.[Y]. The van der Waals surface area contributed by atoms with Gasteiger partial charge in [0.25, 0.3) is 0 Å². The molecule has 7 heteroatoms. The van der Waals surface area contributed by atoms with E-state index in [1.165, 1.54) is 11.1 Å². The summed E-state index contributed by atoms with van der Waals surface area (Å²) in [4.78, 5) is 0. The van der Waals surface area contributed by atoms with Crippen LogP contribution in [0.2, 0.25) is 0 Å². The summed E-state index contributed by atoms with van der Waals surface area (Å²) in [6.07, 6.45) is 4.11. The minimum atomic E-state index is 0. The third kappa shape index (κ3) is 11.9. The first-order valence-electron chi connectivity index (χ1n) is 17.0. The van der Waals surface area contributed by atoms with E-state index in [4.69, 9.17) is 11.1 Å². The van der Waals surface area contributed by atoms with E-state index in [2.05, 4.69) is 86.4 Å². The summed E-state index contributed by atoms with van der Waals surface area (Å²) in [6.45, 7) is 10.4. The number of phenolic OH excluding ortho intramolecular Hbond substituents is 1. The van der Waals surface area contributed by atoms with Crippen LogP contribution in [0.5, 0.6) is 5.75 Å². The number of nitrogen functional groups attached to an aromatic ring is 1. The second-order valence-corrected chi connectivity index (χ2v) is 12.3. The standard InChI is InChI=1S/C24H22O.C15H18N2O.C7H8N2.Y/c1-4-19-10-5-6-11-20(19)16-18(3)24-22(13-8-14-23(24)25)21-12-7-9-17(2)15-21;1-11-4-6-12(7-5-11)13-8-9-14(16-2)15(10-13)17(3)18;8-7(9)6-4-2-1-3-5-6;/h4-16,25H,3H2,1-2H3;4-10,16,18H,1-3H3;1-5H,(H3,8,9);/b19-4-,20-16-;;;. The number of hydroxylamine groups is 1. The second kappa shape index (κ2) is 20.7. The fraction of sp³-hybridized carbons (Fsp3) is 0.109. The van der Waals surface area contributed by atoms with Crippen LogP contribution in [0.15, 0.2) is 146 Å². The first kappa shape index (κ1) is 42.1. The Labute approximate surface area is 339 Å². The number of hydrogen-bond acceptors (Lipinski definition) is 5. The summed E-state index contributed by atoms with van der Waals surface area (Å²) in [5, 5.41) is 33.6. The number of nitrogens with two attached hydrogens (primary N) is 1. The van der Waals surface area contributed by atoms with E-state index in [1.807, 2.05) is 98.9 Å². The van der Waals surface area contributed by atoms with Crippen molar-refractivity contribution in [2.45, 2.75) is 20.8 Å². The molecule has 6 rings (SSSR count). The molecule has 0 saturated carbocycles. The van der Waals surface area contributed by atoms with Crippen molar-refractivity contribution in [1.29, 1.82) is 5.41 Å². The van der Waals surface area contributed by atoms with Crippen LogP contribution in [0, 0.1) is 19.3 Å². The van der Waals surface area contributed by atoms with Crippen molar-refractivity contribution in [3.05, 3.63) is 179 Å². The van der Waals surface area contributed by atoms with Crippen molar-refractivity contribution in [1.82, 2.24) is 0 Å². The molecule has 0 heterocycles. The van der Waals surface area contributed by atoms with Crippen LogP contribution in [0.25, 0.3) is 40.0 Å². The van der Waals surface area contributed by atoms with E-state index in [0.29, 0.717) is 0 Å². The molecular formula is C46H48N4O2Y. The predicted molar refractivity (Wildman–Crippen MR) is 221 cm³/mol. The molecule has 0 saturated heterocycles. The first-order chi connectivity index (χ1) is 25.0. The summed E-state index contributed by atoms with van der Waals surface area (Å²) in [6, 6.07) is 45.6. The number of anilines is 2. The summed E-state index contributed by atoms with van der Waals surface area (Å²) in [5.74, 6) is 0.369. The maximum atomic E-state index is 10.5. The Balaban J connectivity index is 0.000000235. The van der Waals surface area contributed by atoms with E-state index < -0.39 is 0 Å². The molecule has 0 bridgehead atoms. The number of phenols is 1. The van der Waals surface area contributed by atoms with Crippen LogP contribution in [-0.4, -0.2) is 30.2 Å². The largest absolute Gasteiger partial charge is 0.507 e. The van der Waals surface area contributed by atoms with Gasteiger partial charge in [-0.2, -0.15) is 0 Å². The van der Waals surface area contributed by atoms with E-state index in [1.54, 1.807) is 13.1 Å². The van der Waals surface area contributed by atoms with Gasteiger partial charge in [-0.3, -0.25) is 15.7 Å². The summed E-state index contributed by atoms with van der Waals surface area (Å²) in [5.41, 5.74) is 15.9. The van der Waals surface area contributed by atoms with E-state index in [-0.39, 0.29) is 44.3 Å². The Morgan fingerprint density at radius 2 is 1.36 bits per heavy atom. The molecule has 0 fully saturated rings. The van der Waals surface area contributed by atoms with Gasteiger partial charge in [-0.15, -0.1) is 0 Å². The van der Waals surface area contributed by atoms with Crippen LogP contribution in [-0.2, 0) is 32.7 Å². The fourth-order valence-electron chi connectivity index (χ4n) is 5.65. The van der Waals surface area contributed by atoms with Gasteiger partial charge in [0.05, 0.1) is 11.4 Å². The summed E-state index contributed by atoms with van der Waals surface area (Å²) in [7, 11) is 3.46. The maximum absolute atomic E-state index is 10.5. The molecule has 53 heavy (non-hydrogen) atoms. The average molecular weight is 778 g/mol. The van der Waals surface area contributed by atoms with Gasteiger partial charge in [-0.1, -0.05) is 145 Å². The number of hydrogen-bond donors (Lipinski definition) is 5. The molecule has 0 aromatic heterocycles.